The van der Waals surface area contributed by atoms with Gasteiger partial charge in [0.1, 0.15) is 12.6 Å². The summed E-state index contributed by atoms with van der Waals surface area (Å²) >= 11 is 0. The molecule has 3 heteroatoms. The van der Waals surface area contributed by atoms with Crippen molar-refractivity contribution in [3.63, 3.8) is 0 Å². The van der Waals surface area contributed by atoms with Gasteiger partial charge < -0.3 is 4.42 Å². The van der Waals surface area contributed by atoms with Crippen molar-refractivity contribution in [3.05, 3.63) is 60.0 Å². The minimum Gasteiger partial charge on any atom is -0.454 e. The first-order chi connectivity index (χ1) is 13.1. The van der Waals surface area contributed by atoms with Gasteiger partial charge in [-0.2, -0.15) is 0 Å². The molecule has 0 amide bonds. The van der Waals surface area contributed by atoms with Crippen LogP contribution in [0, 0.1) is 6.92 Å². The molecule has 3 heterocycles. The molecule has 0 aliphatic heterocycles. The Bertz CT molecular complexity index is 1210. The van der Waals surface area contributed by atoms with Crippen LogP contribution in [0.1, 0.15) is 36.3 Å². The summed E-state index contributed by atoms with van der Waals surface area (Å²) in [5.74, 6) is -1.71. The molecule has 0 N–H and O–H groups in total. The van der Waals surface area contributed by atoms with Gasteiger partial charge in [0.05, 0.1) is 11.8 Å². The average Bonchev–Trinajstić information content (AvgIpc) is 3.00. The van der Waals surface area contributed by atoms with E-state index >= 15 is 0 Å². The number of benzene rings is 1. The van der Waals surface area contributed by atoms with Gasteiger partial charge in [-0.25, -0.2) is 4.57 Å². The number of pyridine rings is 2. The van der Waals surface area contributed by atoms with E-state index in [1.54, 1.807) is 30.7 Å². The molecule has 0 saturated carbocycles. The summed E-state index contributed by atoms with van der Waals surface area (Å²) in [6.07, 6.45) is 5.23. The summed E-state index contributed by atoms with van der Waals surface area (Å²) in [7, 11) is 1.90. The molecule has 24 heavy (non-hydrogen) atoms. The van der Waals surface area contributed by atoms with E-state index in [0.29, 0.717) is 11.1 Å². The second-order valence-electron chi connectivity index (χ2n) is 6.14. The molecule has 0 bridgehead atoms. The Labute approximate surface area is 147 Å². The molecule has 120 valence electrons. The van der Waals surface area contributed by atoms with Crippen molar-refractivity contribution in [1.29, 1.82) is 0 Å². The van der Waals surface area contributed by atoms with Crippen LogP contribution in [-0.2, 0) is 7.05 Å². The first-order valence-corrected chi connectivity index (χ1v) is 7.87. The van der Waals surface area contributed by atoms with Crippen LogP contribution in [0.4, 0.5) is 0 Å². The van der Waals surface area contributed by atoms with Gasteiger partial charge >= 0.3 is 0 Å². The molecule has 0 aliphatic carbocycles. The molecule has 1 aromatic carbocycles. The Kier molecular flexibility index (Phi) is 2.49. The number of fused-ring (bicyclic) bond motifs is 3. The van der Waals surface area contributed by atoms with Crippen molar-refractivity contribution in [2.75, 3.05) is 0 Å². The van der Waals surface area contributed by atoms with Crippen LogP contribution in [0.3, 0.4) is 0 Å². The topological polar surface area (TPSA) is 29.9 Å². The van der Waals surface area contributed by atoms with E-state index in [-0.39, 0.29) is 0 Å². The van der Waals surface area contributed by atoms with Crippen molar-refractivity contribution < 1.29 is 14.5 Å². The molecule has 4 rings (SSSR count). The number of hydrogen-bond acceptors (Lipinski definition) is 2. The third-order valence-electron chi connectivity index (χ3n) is 4.49. The largest absolute Gasteiger partial charge is 0.454 e. The summed E-state index contributed by atoms with van der Waals surface area (Å²) in [4.78, 5) is 4.14. The Morgan fingerprint density at radius 1 is 1.25 bits per heavy atom. The molecular formula is C21H21N2O+. The summed E-state index contributed by atoms with van der Waals surface area (Å²) in [5.41, 5.74) is 4.57. The molecule has 4 aromatic rings. The van der Waals surface area contributed by atoms with Crippen molar-refractivity contribution in [2.24, 2.45) is 7.05 Å². The molecule has 3 nitrogen and oxygen atoms in total. The Hall–Kier alpha value is -2.68. The van der Waals surface area contributed by atoms with E-state index in [4.69, 9.17) is 9.90 Å². The zero-order valence-electron chi connectivity index (χ0n) is 17.9. The summed E-state index contributed by atoms with van der Waals surface area (Å²) in [6.45, 7) is 0.992. The van der Waals surface area contributed by atoms with Crippen LogP contribution in [-0.4, -0.2) is 4.98 Å². The smallest absolute Gasteiger partial charge is 0.216 e. The van der Waals surface area contributed by atoms with E-state index in [0.717, 1.165) is 33.2 Å². The molecule has 3 aromatic heterocycles. The molecule has 1 atom stereocenters. The SMILES string of the molecule is [2H]C([2H])([2H])C([2H])(C)c1cc[n+](C)c(-c2c(C)ccc3c2oc2cnccc23)c1. The third-order valence-corrected chi connectivity index (χ3v) is 4.49. The third kappa shape index (κ3) is 2.20. The second kappa shape index (κ2) is 5.45. The normalized spacial score (nSPS) is 17.1. The number of aryl methyl sites for hydroxylation is 2. The lowest BCUT2D eigenvalue weighted by Gasteiger charge is -2.09. The first kappa shape index (κ1) is 11.0. The van der Waals surface area contributed by atoms with Crippen molar-refractivity contribution >= 4 is 21.9 Å². The number of rotatable bonds is 2. The van der Waals surface area contributed by atoms with Gasteiger partial charge in [0.25, 0.3) is 0 Å². The maximum atomic E-state index is 8.45. The van der Waals surface area contributed by atoms with Gasteiger partial charge in [0.2, 0.25) is 5.69 Å². The monoisotopic (exact) mass is 321 g/mol. The minimum atomic E-state index is -2.43. The quantitative estimate of drug-likeness (QED) is 0.491. The highest BCUT2D eigenvalue weighted by Gasteiger charge is 2.21. The summed E-state index contributed by atoms with van der Waals surface area (Å²) < 4.78 is 39.8. The standard InChI is InChI=1S/C21H21N2O/c1-13(2)15-8-10-23(4)18(11-15)20-14(3)5-6-17-16-7-9-22-12-19(16)24-21(17)20/h5-13H,1-4H3/q+1/i1D3,13D. The van der Waals surface area contributed by atoms with Gasteiger partial charge in [0, 0.05) is 34.6 Å². The van der Waals surface area contributed by atoms with Crippen molar-refractivity contribution in [3.8, 4) is 11.3 Å². The van der Waals surface area contributed by atoms with E-state index < -0.39 is 12.7 Å². The molecule has 1 unspecified atom stereocenters. The Balaban J connectivity index is 2.03. The Morgan fingerprint density at radius 3 is 2.96 bits per heavy atom. The molecule has 0 aliphatic rings. The molecule has 0 saturated heterocycles. The van der Waals surface area contributed by atoms with Crippen LogP contribution in [0.2, 0.25) is 0 Å². The predicted molar refractivity (Wildman–Crippen MR) is 97.0 cm³/mol. The number of furan rings is 1. The van der Waals surface area contributed by atoms with E-state index in [9.17, 15) is 0 Å². The number of aromatic nitrogens is 2. The van der Waals surface area contributed by atoms with Gasteiger partial charge in [-0.15, -0.1) is 0 Å². The zero-order chi connectivity index (χ0) is 20.3. The lowest BCUT2D eigenvalue weighted by Crippen LogP contribution is -2.31. The molecule has 0 radical (unpaired) electrons. The lowest BCUT2D eigenvalue weighted by molar-refractivity contribution is -0.660. The van der Waals surface area contributed by atoms with Crippen LogP contribution in [0.5, 0.6) is 0 Å². The summed E-state index contributed by atoms with van der Waals surface area (Å²) in [5, 5.41) is 1.96. The number of nitrogens with zero attached hydrogens (tertiary/aromatic N) is 2. The number of hydrogen-bond donors (Lipinski definition) is 0. The predicted octanol–water partition coefficient (Wildman–Crippen LogP) is 4.90. The second-order valence-corrected chi connectivity index (χ2v) is 6.14. The first-order valence-electron chi connectivity index (χ1n) is 9.87. The van der Waals surface area contributed by atoms with Gasteiger partial charge in [-0.05, 0) is 30.0 Å². The fourth-order valence-electron chi connectivity index (χ4n) is 3.16. The van der Waals surface area contributed by atoms with E-state index in [1.807, 2.05) is 36.7 Å². The highest BCUT2D eigenvalue weighted by molar-refractivity contribution is 6.09. The maximum absolute atomic E-state index is 8.45. The summed E-state index contributed by atoms with van der Waals surface area (Å²) in [6, 6.07) is 9.46. The van der Waals surface area contributed by atoms with Crippen molar-refractivity contribution in [1.82, 2.24) is 4.98 Å². The van der Waals surface area contributed by atoms with Crippen LogP contribution >= 0.6 is 0 Å². The zero-order valence-corrected chi connectivity index (χ0v) is 13.9. The lowest BCUT2D eigenvalue weighted by atomic mass is 9.97. The fraction of sp³-hybridized carbons (Fsp3) is 0.238. The molecule has 0 spiro atoms. The highest BCUT2D eigenvalue weighted by atomic mass is 16.3. The van der Waals surface area contributed by atoms with Crippen LogP contribution in [0.25, 0.3) is 33.2 Å². The maximum Gasteiger partial charge on any atom is 0.216 e. The van der Waals surface area contributed by atoms with Gasteiger partial charge in [-0.3, -0.25) is 4.98 Å². The molecular weight excluding hydrogens is 296 g/mol. The van der Waals surface area contributed by atoms with Crippen LogP contribution < -0.4 is 4.57 Å². The van der Waals surface area contributed by atoms with Crippen molar-refractivity contribution in [2.45, 2.75) is 26.6 Å². The fourth-order valence-corrected chi connectivity index (χ4v) is 3.16. The van der Waals surface area contributed by atoms with Crippen LogP contribution in [0.15, 0.2) is 53.3 Å². The average molecular weight is 321 g/mol. The molecule has 0 fully saturated rings. The highest BCUT2D eigenvalue weighted by Crippen LogP contribution is 2.36. The van der Waals surface area contributed by atoms with Gasteiger partial charge in [-0.1, -0.05) is 25.9 Å². The minimum absolute atomic E-state index is 0.440. The Morgan fingerprint density at radius 2 is 2.12 bits per heavy atom. The van der Waals surface area contributed by atoms with Gasteiger partial charge in [0.15, 0.2) is 11.8 Å². The van der Waals surface area contributed by atoms with E-state index in [1.165, 1.54) is 6.92 Å². The van der Waals surface area contributed by atoms with E-state index in [2.05, 4.69) is 4.98 Å².